The number of carboxylic acids is 1. The Hall–Kier alpha value is -1.14. The minimum atomic E-state index is -1.09. The van der Waals surface area contributed by atoms with Crippen LogP contribution in [0, 0.1) is 0 Å². The number of hydrogen-bond donors (Lipinski definition) is 3. The summed E-state index contributed by atoms with van der Waals surface area (Å²) in [6.45, 7) is 4.58. The van der Waals surface area contributed by atoms with E-state index in [0.717, 1.165) is 0 Å². The molecule has 15 heavy (non-hydrogen) atoms. The number of carboxylic acid groups (broad SMARTS) is 1. The van der Waals surface area contributed by atoms with Gasteiger partial charge in [-0.2, -0.15) is 0 Å². The molecule has 0 saturated carbocycles. The van der Waals surface area contributed by atoms with Crippen molar-refractivity contribution in [3.05, 3.63) is 0 Å². The molecule has 0 radical (unpaired) electrons. The molecule has 6 heteroatoms. The molecule has 0 rings (SSSR count). The van der Waals surface area contributed by atoms with Crippen LogP contribution in [0.15, 0.2) is 0 Å². The molecule has 1 amide bonds. The number of carbonyl (C=O) groups is 2. The van der Waals surface area contributed by atoms with Gasteiger partial charge in [0.15, 0.2) is 0 Å². The van der Waals surface area contributed by atoms with Crippen molar-refractivity contribution in [3.8, 4) is 0 Å². The molecule has 0 aliphatic carbocycles. The molecule has 0 spiro atoms. The maximum Gasteiger partial charge on any atom is 0.305 e. The zero-order chi connectivity index (χ0) is 11.8. The molecule has 4 N–H and O–H groups in total. The largest absolute Gasteiger partial charge is 0.481 e. The Bertz CT molecular complexity index is 220. The van der Waals surface area contributed by atoms with Crippen molar-refractivity contribution in [1.82, 2.24) is 5.32 Å². The average Bonchev–Trinajstić information content (AvgIpc) is 2.13. The summed E-state index contributed by atoms with van der Waals surface area (Å²) in [6.07, 6.45) is -0.368. The highest BCUT2D eigenvalue weighted by Crippen LogP contribution is 1.91. The Morgan fingerprint density at radius 1 is 1.53 bits per heavy atom. The number of amides is 1. The Kier molecular flexibility index (Phi) is 6.64. The highest BCUT2D eigenvalue weighted by molar-refractivity contribution is 5.86. The molecule has 0 aromatic carbocycles. The molecule has 2 atom stereocenters. The van der Waals surface area contributed by atoms with Crippen LogP contribution in [-0.4, -0.2) is 42.3 Å². The topological polar surface area (TPSA) is 102 Å². The van der Waals surface area contributed by atoms with E-state index in [2.05, 4.69) is 5.32 Å². The van der Waals surface area contributed by atoms with E-state index in [0.29, 0.717) is 13.2 Å². The number of ether oxygens (including phenoxy) is 1. The maximum atomic E-state index is 11.3. The van der Waals surface area contributed by atoms with Gasteiger partial charge in [-0.1, -0.05) is 0 Å². The fourth-order valence-corrected chi connectivity index (χ4v) is 0.967. The van der Waals surface area contributed by atoms with Crippen LogP contribution >= 0.6 is 0 Å². The first-order chi connectivity index (χ1) is 6.97. The summed E-state index contributed by atoms with van der Waals surface area (Å²) in [5, 5.41) is 11.0. The third-order valence-corrected chi connectivity index (χ3v) is 1.69. The zero-order valence-corrected chi connectivity index (χ0v) is 9.03. The number of aliphatic carboxylic acids is 1. The first-order valence-corrected chi connectivity index (χ1v) is 4.82. The van der Waals surface area contributed by atoms with E-state index in [-0.39, 0.29) is 12.5 Å². The second-order valence-electron chi connectivity index (χ2n) is 3.27. The second kappa shape index (κ2) is 7.19. The van der Waals surface area contributed by atoms with Crippen molar-refractivity contribution < 1.29 is 19.4 Å². The van der Waals surface area contributed by atoms with Crippen LogP contribution in [0.5, 0.6) is 0 Å². The summed E-state index contributed by atoms with van der Waals surface area (Å²) < 4.78 is 5.09. The van der Waals surface area contributed by atoms with Crippen LogP contribution in [0.4, 0.5) is 0 Å². The maximum absolute atomic E-state index is 11.3. The molecule has 0 aromatic rings. The van der Waals surface area contributed by atoms with Gasteiger partial charge in [0, 0.05) is 12.6 Å². The van der Waals surface area contributed by atoms with E-state index < -0.39 is 17.9 Å². The van der Waals surface area contributed by atoms with Crippen molar-refractivity contribution in [2.24, 2.45) is 5.73 Å². The van der Waals surface area contributed by atoms with E-state index in [1.807, 2.05) is 6.92 Å². The van der Waals surface area contributed by atoms with Crippen molar-refractivity contribution in [1.29, 1.82) is 0 Å². The number of hydrogen-bond acceptors (Lipinski definition) is 4. The Morgan fingerprint density at radius 3 is 2.60 bits per heavy atom. The van der Waals surface area contributed by atoms with Crippen molar-refractivity contribution in [3.63, 3.8) is 0 Å². The summed E-state index contributed by atoms with van der Waals surface area (Å²) in [6, 6.07) is -1.18. The molecule has 0 aliphatic rings. The predicted octanol–water partition coefficient (Wildman–Crippen LogP) is -0.670. The minimum absolute atomic E-state index is 0.169. The number of rotatable bonds is 7. The van der Waals surface area contributed by atoms with Gasteiger partial charge in [-0.05, 0) is 13.8 Å². The average molecular weight is 218 g/mol. The van der Waals surface area contributed by atoms with Crippen molar-refractivity contribution in [2.45, 2.75) is 32.4 Å². The lowest BCUT2D eigenvalue weighted by atomic mass is 10.2. The summed E-state index contributed by atoms with van der Waals surface area (Å²) in [5.74, 6) is -1.56. The Labute approximate surface area is 88.8 Å². The number of nitrogens with two attached hydrogens (primary N) is 1. The molecule has 6 nitrogen and oxygen atoms in total. The summed E-state index contributed by atoms with van der Waals surface area (Å²) in [7, 11) is 0. The third-order valence-electron chi connectivity index (χ3n) is 1.69. The van der Waals surface area contributed by atoms with Gasteiger partial charge in [0.2, 0.25) is 5.91 Å². The van der Waals surface area contributed by atoms with Crippen LogP contribution in [0.1, 0.15) is 20.3 Å². The lowest BCUT2D eigenvalue weighted by Gasteiger charge is -2.16. The smallest absolute Gasteiger partial charge is 0.305 e. The molecule has 2 unspecified atom stereocenters. The number of nitrogens with one attached hydrogen (secondary N) is 1. The fraction of sp³-hybridized carbons (Fsp3) is 0.778. The first-order valence-electron chi connectivity index (χ1n) is 4.82. The molecule has 88 valence electrons. The van der Waals surface area contributed by atoms with Crippen LogP contribution in [0.25, 0.3) is 0 Å². The Morgan fingerprint density at radius 2 is 2.13 bits per heavy atom. The van der Waals surface area contributed by atoms with Crippen molar-refractivity contribution in [2.75, 3.05) is 13.2 Å². The van der Waals surface area contributed by atoms with Gasteiger partial charge < -0.3 is 20.9 Å². The summed E-state index contributed by atoms with van der Waals surface area (Å²) in [4.78, 5) is 21.6. The minimum Gasteiger partial charge on any atom is -0.481 e. The molecule has 0 saturated heterocycles. The van der Waals surface area contributed by atoms with E-state index in [1.165, 1.54) is 0 Å². The highest BCUT2D eigenvalue weighted by atomic mass is 16.5. The van der Waals surface area contributed by atoms with Gasteiger partial charge >= 0.3 is 5.97 Å². The summed E-state index contributed by atoms with van der Waals surface area (Å²) >= 11 is 0. The normalized spacial score (nSPS) is 14.3. The van der Waals surface area contributed by atoms with Gasteiger partial charge in [0.25, 0.3) is 0 Å². The molecule has 0 aromatic heterocycles. The monoisotopic (exact) mass is 218 g/mol. The predicted molar refractivity (Wildman–Crippen MR) is 54.3 cm³/mol. The van der Waals surface area contributed by atoms with E-state index >= 15 is 0 Å². The molecule has 0 bridgehead atoms. The van der Waals surface area contributed by atoms with E-state index in [4.69, 9.17) is 15.6 Å². The van der Waals surface area contributed by atoms with Gasteiger partial charge in [-0.3, -0.25) is 9.59 Å². The highest BCUT2D eigenvalue weighted by Gasteiger charge is 2.18. The zero-order valence-electron chi connectivity index (χ0n) is 9.03. The van der Waals surface area contributed by atoms with Gasteiger partial charge in [-0.25, -0.2) is 0 Å². The second-order valence-corrected chi connectivity index (χ2v) is 3.27. The van der Waals surface area contributed by atoms with Gasteiger partial charge in [0.05, 0.1) is 19.1 Å². The van der Waals surface area contributed by atoms with Gasteiger partial charge in [0.1, 0.15) is 0 Å². The summed E-state index contributed by atoms with van der Waals surface area (Å²) in [5.41, 5.74) is 5.36. The van der Waals surface area contributed by atoms with Crippen LogP contribution in [0.3, 0.4) is 0 Å². The SMILES string of the molecule is CCOCC(C)NC(=O)C(N)CC(=O)O. The first kappa shape index (κ1) is 13.9. The molecule has 0 fully saturated rings. The number of carbonyl (C=O) groups excluding carboxylic acids is 1. The lowest BCUT2D eigenvalue weighted by Crippen LogP contribution is -2.46. The van der Waals surface area contributed by atoms with Crippen LogP contribution in [-0.2, 0) is 14.3 Å². The lowest BCUT2D eigenvalue weighted by molar-refractivity contribution is -0.139. The van der Waals surface area contributed by atoms with Crippen LogP contribution in [0.2, 0.25) is 0 Å². The van der Waals surface area contributed by atoms with E-state index in [9.17, 15) is 9.59 Å². The van der Waals surface area contributed by atoms with Gasteiger partial charge in [-0.15, -0.1) is 0 Å². The van der Waals surface area contributed by atoms with Crippen molar-refractivity contribution >= 4 is 11.9 Å². The third kappa shape index (κ3) is 6.87. The molecular formula is C9H18N2O4. The molecular weight excluding hydrogens is 200 g/mol. The van der Waals surface area contributed by atoms with E-state index in [1.54, 1.807) is 6.92 Å². The standard InChI is InChI=1S/C9H18N2O4/c1-3-15-5-6(2)11-9(14)7(10)4-8(12)13/h6-7H,3-5,10H2,1-2H3,(H,11,14)(H,12,13). The molecule has 0 aliphatic heterocycles. The molecule has 0 heterocycles. The van der Waals surface area contributed by atoms with Crippen LogP contribution < -0.4 is 11.1 Å². The Balaban J connectivity index is 3.85. The fourth-order valence-electron chi connectivity index (χ4n) is 0.967. The quantitative estimate of drug-likeness (QED) is 0.526.